The van der Waals surface area contributed by atoms with Gasteiger partial charge >= 0.3 is 5.97 Å². The zero-order chi connectivity index (χ0) is 24.1. The van der Waals surface area contributed by atoms with Crippen LogP contribution in [-0.2, 0) is 11.8 Å². The van der Waals surface area contributed by atoms with Crippen molar-refractivity contribution in [1.82, 2.24) is 0 Å². The number of hydrogen-bond acceptors (Lipinski definition) is 4. The van der Waals surface area contributed by atoms with E-state index in [0.717, 1.165) is 55.9 Å². The molecule has 1 saturated carbocycles. The van der Waals surface area contributed by atoms with Crippen LogP contribution in [0.15, 0.2) is 49.1 Å². The van der Waals surface area contributed by atoms with Crippen LogP contribution in [0.25, 0.3) is 0 Å². The van der Waals surface area contributed by atoms with Gasteiger partial charge in [0.2, 0.25) is 0 Å². The zero-order valence-corrected chi connectivity index (χ0v) is 20.4. The highest BCUT2D eigenvalue weighted by atomic mass is 35.5. The van der Waals surface area contributed by atoms with Gasteiger partial charge in [0.15, 0.2) is 0 Å². The molecule has 5 rings (SSSR count). The van der Waals surface area contributed by atoms with Gasteiger partial charge in [-0.2, -0.15) is 0 Å². The Morgan fingerprint density at radius 2 is 2.15 bits per heavy atom. The van der Waals surface area contributed by atoms with E-state index in [4.69, 9.17) is 16.3 Å². The normalized spacial score (nSPS) is 28.7. The molecule has 0 saturated heterocycles. The monoisotopic (exact) mass is 481 g/mol. The zero-order valence-electron chi connectivity index (χ0n) is 19.6. The lowest BCUT2D eigenvalue weighted by Gasteiger charge is -2.52. The molecule has 0 amide bonds. The standard InChI is InChI=1S/C28H32ClNO4/c1-3-25(31)27(2)12-10-20(27)15-30-16-28(11-4-5-18-13-21(29)7-8-22(18)28)17-34-24-9-6-19(26(32)33)14-23(24)30/h3,6-9,13-14,20,25,31H,1,4-5,10-12,15-17H2,2H3,(H,32,33)/t20-,25+,27+,28-/m0/s1. The second-order valence-corrected chi connectivity index (χ2v) is 11.0. The van der Waals surface area contributed by atoms with Crippen molar-refractivity contribution in [2.24, 2.45) is 11.3 Å². The highest BCUT2D eigenvalue weighted by Crippen LogP contribution is 2.51. The Morgan fingerprint density at radius 1 is 1.32 bits per heavy atom. The predicted octanol–water partition coefficient (Wildman–Crippen LogP) is 5.47. The molecule has 1 spiro atoms. The van der Waals surface area contributed by atoms with Gasteiger partial charge in [-0.25, -0.2) is 4.79 Å². The van der Waals surface area contributed by atoms with E-state index in [-0.39, 0.29) is 22.3 Å². The molecular formula is C28H32ClNO4. The Hall–Kier alpha value is -2.50. The number of aryl methyl sites for hydroxylation is 1. The number of rotatable bonds is 5. The van der Waals surface area contributed by atoms with E-state index in [2.05, 4.69) is 30.5 Å². The lowest BCUT2D eigenvalue weighted by Crippen LogP contribution is -2.53. The number of hydrogen-bond donors (Lipinski definition) is 2. The molecule has 4 atom stereocenters. The van der Waals surface area contributed by atoms with E-state index in [1.54, 1.807) is 24.3 Å². The average Bonchev–Trinajstić information content (AvgIpc) is 2.97. The van der Waals surface area contributed by atoms with Crippen molar-refractivity contribution in [3.63, 3.8) is 0 Å². The van der Waals surface area contributed by atoms with E-state index in [1.807, 2.05) is 6.07 Å². The third kappa shape index (κ3) is 3.79. The summed E-state index contributed by atoms with van der Waals surface area (Å²) in [5, 5.41) is 21.1. The fourth-order valence-electron chi connectivity index (χ4n) is 6.28. The largest absolute Gasteiger partial charge is 0.490 e. The SMILES string of the molecule is C=C[C@@H](O)[C@]1(C)CC[C@H]1CN1C[C@@]2(CCCc3cc(Cl)ccc32)COc2ccc(C(=O)O)cc21. The summed E-state index contributed by atoms with van der Waals surface area (Å²) in [5.41, 5.74) is 3.18. The molecule has 0 unspecified atom stereocenters. The van der Waals surface area contributed by atoms with Crippen LogP contribution in [0.4, 0.5) is 5.69 Å². The number of carbonyl (C=O) groups is 1. The fourth-order valence-corrected chi connectivity index (χ4v) is 6.47. The number of carboxylic acid groups (broad SMARTS) is 1. The fraction of sp³-hybridized carbons (Fsp3) is 0.464. The van der Waals surface area contributed by atoms with Crippen LogP contribution in [0.2, 0.25) is 5.02 Å². The molecular weight excluding hydrogens is 450 g/mol. The van der Waals surface area contributed by atoms with Crippen molar-refractivity contribution in [2.75, 3.05) is 24.6 Å². The minimum Gasteiger partial charge on any atom is -0.490 e. The molecule has 0 bridgehead atoms. The number of aromatic carboxylic acids is 1. The Morgan fingerprint density at radius 3 is 2.85 bits per heavy atom. The van der Waals surface area contributed by atoms with E-state index in [9.17, 15) is 15.0 Å². The lowest BCUT2D eigenvalue weighted by atomic mass is 9.58. The van der Waals surface area contributed by atoms with Gasteiger partial charge < -0.3 is 19.8 Å². The molecule has 0 radical (unpaired) electrons. The van der Waals surface area contributed by atoms with Crippen molar-refractivity contribution in [3.05, 3.63) is 70.8 Å². The number of halogens is 1. The Bertz CT molecular complexity index is 1130. The van der Waals surface area contributed by atoms with Gasteiger partial charge in [-0.1, -0.05) is 30.7 Å². The highest BCUT2D eigenvalue weighted by molar-refractivity contribution is 6.30. The molecule has 2 aromatic carbocycles. The van der Waals surface area contributed by atoms with Gasteiger partial charge in [-0.15, -0.1) is 6.58 Å². The van der Waals surface area contributed by atoms with Gasteiger partial charge in [0.25, 0.3) is 0 Å². The second-order valence-electron chi connectivity index (χ2n) is 10.5. The maximum Gasteiger partial charge on any atom is 0.335 e. The number of benzene rings is 2. The highest BCUT2D eigenvalue weighted by Gasteiger charge is 2.49. The van der Waals surface area contributed by atoms with Crippen LogP contribution in [0.3, 0.4) is 0 Å². The third-order valence-electron chi connectivity index (χ3n) is 8.59. The summed E-state index contributed by atoms with van der Waals surface area (Å²) in [6, 6.07) is 11.3. The maximum absolute atomic E-state index is 11.8. The first-order chi connectivity index (χ1) is 16.3. The van der Waals surface area contributed by atoms with Crippen molar-refractivity contribution < 1.29 is 19.7 Å². The van der Waals surface area contributed by atoms with E-state index < -0.39 is 12.1 Å². The average molecular weight is 482 g/mol. The summed E-state index contributed by atoms with van der Waals surface area (Å²) in [7, 11) is 0. The van der Waals surface area contributed by atoms with Crippen molar-refractivity contribution >= 4 is 23.3 Å². The Balaban J connectivity index is 1.56. The number of anilines is 1. The van der Waals surface area contributed by atoms with Gasteiger partial charge in [0.05, 0.1) is 24.0 Å². The minimum absolute atomic E-state index is 0.211. The summed E-state index contributed by atoms with van der Waals surface area (Å²) in [6.07, 6.45) is 6.09. The number of ether oxygens (including phenoxy) is 1. The molecule has 180 valence electrons. The van der Waals surface area contributed by atoms with E-state index >= 15 is 0 Å². The summed E-state index contributed by atoms with van der Waals surface area (Å²) < 4.78 is 6.41. The van der Waals surface area contributed by atoms with E-state index in [0.29, 0.717) is 12.4 Å². The first-order valence-electron chi connectivity index (χ1n) is 12.1. The molecule has 2 aliphatic carbocycles. The number of aliphatic hydroxyl groups excluding tert-OH is 1. The summed E-state index contributed by atoms with van der Waals surface area (Å²) >= 11 is 6.33. The number of fused-ring (bicyclic) bond motifs is 3. The quantitative estimate of drug-likeness (QED) is 0.554. The molecule has 2 N–H and O–H groups in total. The van der Waals surface area contributed by atoms with Crippen LogP contribution >= 0.6 is 11.6 Å². The summed E-state index contributed by atoms with van der Waals surface area (Å²) in [4.78, 5) is 14.1. The number of aliphatic hydroxyl groups is 1. The van der Waals surface area contributed by atoms with Gasteiger partial charge in [0, 0.05) is 28.9 Å². The van der Waals surface area contributed by atoms with Crippen LogP contribution in [-0.4, -0.2) is 42.0 Å². The molecule has 6 heteroatoms. The number of nitrogens with zero attached hydrogens (tertiary/aromatic N) is 1. The van der Waals surface area contributed by atoms with Gasteiger partial charge in [0.1, 0.15) is 5.75 Å². The lowest BCUT2D eigenvalue weighted by molar-refractivity contribution is -0.0466. The van der Waals surface area contributed by atoms with Crippen molar-refractivity contribution in [2.45, 2.75) is 50.5 Å². The third-order valence-corrected chi connectivity index (χ3v) is 8.82. The molecule has 1 heterocycles. The first kappa shape index (κ1) is 23.3. The molecule has 1 aliphatic heterocycles. The first-order valence-corrected chi connectivity index (χ1v) is 12.5. The topological polar surface area (TPSA) is 70.0 Å². The second kappa shape index (κ2) is 8.62. The summed E-state index contributed by atoms with van der Waals surface area (Å²) in [6.45, 7) is 7.94. The Labute approximate surface area is 206 Å². The van der Waals surface area contributed by atoms with Crippen LogP contribution in [0, 0.1) is 11.3 Å². The summed E-state index contributed by atoms with van der Waals surface area (Å²) in [5.74, 6) is 0.0356. The van der Waals surface area contributed by atoms with Crippen LogP contribution < -0.4 is 9.64 Å². The molecule has 3 aliphatic rings. The van der Waals surface area contributed by atoms with Crippen molar-refractivity contribution in [1.29, 1.82) is 0 Å². The Kier molecular flexibility index (Phi) is 5.89. The molecule has 2 aromatic rings. The smallest absolute Gasteiger partial charge is 0.335 e. The van der Waals surface area contributed by atoms with Crippen molar-refractivity contribution in [3.8, 4) is 5.75 Å². The van der Waals surface area contributed by atoms with Crippen LogP contribution in [0.1, 0.15) is 54.1 Å². The van der Waals surface area contributed by atoms with Gasteiger partial charge in [-0.05, 0) is 79.5 Å². The minimum atomic E-state index is -0.949. The van der Waals surface area contributed by atoms with Gasteiger partial charge in [-0.3, -0.25) is 0 Å². The molecule has 5 nitrogen and oxygen atoms in total. The molecule has 34 heavy (non-hydrogen) atoms. The van der Waals surface area contributed by atoms with E-state index in [1.165, 1.54) is 11.1 Å². The molecule has 0 aromatic heterocycles. The number of carboxylic acids is 1. The molecule has 1 fully saturated rings. The van der Waals surface area contributed by atoms with Crippen LogP contribution in [0.5, 0.6) is 5.75 Å². The maximum atomic E-state index is 11.8. The predicted molar refractivity (Wildman–Crippen MR) is 134 cm³/mol.